The van der Waals surface area contributed by atoms with Gasteiger partial charge in [-0.1, -0.05) is 89.2 Å². The highest BCUT2D eigenvalue weighted by Gasteiger charge is 2.16. The highest BCUT2D eigenvalue weighted by atomic mass is 16.5. The summed E-state index contributed by atoms with van der Waals surface area (Å²) in [6.45, 7) is 6.64. The van der Waals surface area contributed by atoms with Crippen molar-refractivity contribution < 1.29 is 4.74 Å². The molecule has 1 nitrogen and oxygen atoms in total. The van der Waals surface area contributed by atoms with Crippen LogP contribution >= 0.6 is 0 Å². The zero-order chi connectivity index (χ0) is 16.3. The first kappa shape index (κ1) is 17.9. The van der Waals surface area contributed by atoms with Gasteiger partial charge in [-0.15, -0.1) is 0 Å². The number of fused-ring (bicyclic) bond motifs is 1. The molecule has 1 heteroatoms. The Labute approximate surface area is 142 Å². The number of hydrogen-bond acceptors (Lipinski definition) is 1. The molecule has 1 aromatic rings. The van der Waals surface area contributed by atoms with Crippen LogP contribution in [0.5, 0.6) is 0 Å². The van der Waals surface area contributed by atoms with Gasteiger partial charge in [0.25, 0.3) is 0 Å². The summed E-state index contributed by atoms with van der Waals surface area (Å²) < 4.78 is 5.58. The van der Waals surface area contributed by atoms with Crippen LogP contribution in [0.4, 0.5) is 0 Å². The molecule has 1 aliphatic rings. The number of hydrogen-bond donors (Lipinski definition) is 0. The van der Waals surface area contributed by atoms with E-state index in [4.69, 9.17) is 4.74 Å². The Kier molecular flexibility index (Phi) is 8.04. The first-order valence-corrected chi connectivity index (χ1v) is 9.50. The Morgan fingerprint density at radius 3 is 2.26 bits per heavy atom. The molecule has 0 bridgehead atoms. The fourth-order valence-corrected chi connectivity index (χ4v) is 3.33. The molecule has 2 rings (SSSR count). The normalized spacial score (nSPS) is 12.8. The van der Waals surface area contributed by atoms with E-state index in [0.717, 1.165) is 5.76 Å². The van der Waals surface area contributed by atoms with Gasteiger partial charge < -0.3 is 4.74 Å². The molecule has 0 atom stereocenters. The maximum absolute atomic E-state index is 5.58. The Hall–Kier alpha value is -1.46. The minimum atomic E-state index is 0.680. The van der Waals surface area contributed by atoms with Gasteiger partial charge in [0, 0.05) is 11.1 Å². The van der Waals surface area contributed by atoms with Crippen molar-refractivity contribution in [3.63, 3.8) is 0 Å². The molecule has 1 aromatic carbocycles. The molecular formula is C22H32O. The Balaban J connectivity index is 1.56. The monoisotopic (exact) mass is 312 g/mol. The lowest BCUT2D eigenvalue weighted by Gasteiger charge is -2.04. The third kappa shape index (κ3) is 5.92. The second kappa shape index (κ2) is 10.3. The third-order valence-electron chi connectivity index (χ3n) is 4.77. The molecule has 0 saturated heterocycles. The minimum absolute atomic E-state index is 0.680. The maximum atomic E-state index is 5.58. The first-order valence-electron chi connectivity index (χ1n) is 9.50. The summed E-state index contributed by atoms with van der Waals surface area (Å²) in [5.74, 6) is 0.811. The lowest BCUT2D eigenvalue weighted by Crippen LogP contribution is -1.90. The summed E-state index contributed by atoms with van der Waals surface area (Å²) in [4.78, 5) is 0. The van der Waals surface area contributed by atoms with Crippen LogP contribution in [-0.2, 0) is 17.8 Å². The van der Waals surface area contributed by atoms with Crippen LogP contribution in [0.1, 0.15) is 87.8 Å². The molecular weight excluding hydrogens is 280 g/mol. The average molecular weight is 312 g/mol. The summed E-state index contributed by atoms with van der Waals surface area (Å²) in [5, 5.41) is 0. The molecule has 126 valence electrons. The molecule has 1 aliphatic heterocycles. The third-order valence-corrected chi connectivity index (χ3v) is 4.77. The van der Waals surface area contributed by atoms with Gasteiger partial charge in [-0.3, -0.25) is 0 Å². The summed E-state index contributed by atoms with van der Waals surface area (Å²) in [6.07, 6.45) is 15.2. The van der Waals surface area contributed by atoms with E-state index in [0.29, 0.717) is 6.61 Å². The lowest BCUT2D eigenvalue weighted by atomic mass is 10.00. The molecule has 0 N–H and O–H groups in total. The number of ether oxygens (including phenoxy) is 1. The van der Waals surface area contributed by atoms with E-state index < -0.39 is 0 Å². The van der Waals surface area contributed by atoms with Gasteiger partial charge in [-0.2, -0.15) is 0 Å². The Bertz CT molecular complexity index is 523. The molecule has 0 fully saturated rings. The molecule has 0 spiro atoms. The number of rotatable bonds is 11. The number of unbranched alkanes of at least 4 members (excludes halogenated alkanes) is 9. The minimum Gasteiger partial charge on any atom is -0.481 e. The molecule has 1 heterocycles. The fourth-order valence-electron chi connectivity index (χ4n) is 3.33. The molecule has 23 heavy (non-hydrogen) atoms. The summed E-state index contributed by atoms with van der Waals surface area (Å²) in [7, 11) is 0. The van der Waals surface area contributed by atoms with Crippen molar-refractivity contribution in [3.05, 3.63) is 47.2 Å². The zero-order valence-electron chi connectivity index (χ0n) is 14.8. The maximum Gasteiger partial charge on any atom is 0.169 e. The van der Waals surface area contributed by atoms with E-state index in [9.17, 15) is 0 Å². The molecule has 0 saturated carbocycles. The quantitative estimate of drug-likeness (QED) is 0.322. The van der Waals surface area contributed by atoms with Gasteiger partial charge in [0.05, 0.1) is 0 Å². The summed E-state index contributed by atoms with van der Waals surface area (Å²) >= 11 is 0. The summed E-state index contributed by atoms with van der Waals surface area (Å²) in [5.41, 5.74) is 6.78. The SMILES string of the molecule is C=C=C1OCc2cc(CCCCCCCCCCCC)ccc21. The van der Waals surface area contributed by atoms with Crippen molar-refractivity contribution >= 4 is 5.76 Å². The zero-order valence-corrected chi connectivity index (χ0v) is 14.8. The average Bonchev–Trinajstić information content (AvgIpc) is 2.99. The van der Waals surface area contributed by atoms with Crippen LogP contribution < -0.4 is 0 Å². The topological polar surface area (TPSA) is 9.23 Å². The predicted octanol–water partition coefficient (Wildman–Crippen LogP) is 6.81. The van der Waals surface area contributed by atoms with E-state index >= 15 is 0 Å². The van der Waals surface area contributed by atoms with Crippen LogP contribution in [0, 0.1) is 0 Å². The van der Waals surface area contributed by atoms with Crippen molar-refractivity contribution in [2.75, 3.05) is 0 Å². The van der Waals surface area contributed by atoms with Gasteiger partial charge in [0.1, 0.15) is 6.61 Å². The van der Waals surface area contributed by atoms with Crippen LogP contribution in [0.2, 0.25) is 0 Å². The van der Waals surface area contributed by atoms with Gasteiger partial charge >= 0.3 is 0 Å². The molecule has 0 unspecified atom stereocenters. The molecule has 0 radical (unpaired) electrons. The van der Waals surface area contributed by atoms with E-state index in [1.165, 1.54) is 87.3 Å². The summed E-state index contributed by atoms with van der Waals surface area (Å²) in [6, 6.07) is 6.70. The second-order valence-electron chi connectivity index (χ2n) is 6.72. The lowest BCUT2D eigenvalue weighted by molar-refractivity contribution is 0.286. The highest BCUT2D eigenvalue weighted by molar-refractivity contribution is 5.65. The predicted molar refractivity (Wildman–Crippen MR) is 99.3 cm³/mol. The standard InChI is InChI=1S/C22H32O/c1-3-5-6-7-8-9-10-11-12-13-14-19-15-16-21-20(17-19)18-23-22(21)4-2/h15-17H,2-3,5-14,18H2,1H3. The molecule has 0 aliphatic carbocycles. The van der Waals surface area contributed by atoms with Crippen LogP contribution in [0.3, 0.4) is 0 Å². The number of benzene rings is 1. The Morgan fingerprint density at radius 1 is 0.957 bits per heavy atom. The van der Waals surface area contributed by atoms with Crippen LogP contribution in [0.25, 0.3) is 5.76 Å². The van der Waals surface area contributed by atoms with Crippen molar-refractivity contribution in [3.8, 4) is 0 Å². The molecule has 0 amide bonds. The first-order chi connectivity index (χ1) is 11.3. The van der Waals surface area contributed by atoms with E-state index in [-0.39, 0.29) is 0 Å². The van der Waals surface area contributed by atoms with Gasteiger partial charge in [0.2, 0.25) is 0 Å². The van der Waals surface area contributed by atoms with E-state index in [1.54, 1.807) is 0 Å². The second-order valence-corrected chi connectivity index (χ2v) is 6.72. The molecule has 0 aromatic heterocycles. The van der Waals surface area contributed by atoms with Crippen LogP contribution in [-0.4, -0.2) is 0 Å². The van der Waals surface area contributed by atoms with Crippen molar-refractivity contribution in [1.82, 2.24) is 0 Å². The van der Waals surface area contributed by atoms with E-state index in [1.807, 2.05) is 0 Å². The largest absolute Gasteiger partial charge is 0.481 e. The smallest absolute Gasteiger partial charge is 0.169 e. The van der Waals surface area contributed by atoms with Crippen molar-refractivity contribution in [1.29, 1.82) is 0 Å². The van der Waals surface area contributed by atoms with E-state index in [2.05, 4.69) is 37.4 Å². The van der Waals surface area contributed by atoms with Gasteiger partial charge in [-0.25, -0.2) is 0 Å². The Morgan fingerprint density at radius 2 is 1.61 bits per heavy atom. The van der Waals surface area contributed by atoms with Crippen molar-refractivity contribution in [2.45, 2.75) is 84.2 Å². The van der Waals surface area contributed by atoms with Crippen molar-refractivity contribution in [2.24, 2.45) is 0 Å². The van der Waals surface area contributed by atoms with Crippen LogP contribution in [0.15, 0.2) is 30.5 Å². The van der Waals surface area contributed by atoms with Gasteiger partial charge in [-0.05, 0) is 24.5 Å². The van der Waals surface area contributed by atoms with Gasteiger partial charge in [0.15, 0.2) is 5.76 Å². The highest BCUT2D eigenvalue weighted by Crippen LogP contribution is 2.29. The number of aryl methyl sites for hydroxylation is 1. The fraction of sp³-hybridized carbons (Fsp3) is 0.591.